The van der Waals surface area contributed by atoms with Crippen LogP contribution in [0.1, 0.15) is 56.6 Å². The predicted molar refractivity (Wildman–Crippen MR) is 198 cm³/mol. The third-order valence-electron chi connectivity index (χ3n) is 10.8. The lowest BCUT2D eigenvalue weighted by Crippen LogP contribution is -2.56. The summed E-state index contributed by atoms with van der Waals surface area (Å²) in [5.74, 6) is -3.51. The van der Waals surface area contributed by atoms with E-state index < -0.39 is 47.7 Å². The van der Waals surface area contributed by atoms with Crippen molar-refractivity contribution in [2.75, 3.05) is 33.4 Å². The molecule has 0 unspecified atom stereocenters. The lowest BCUT2D eigenvalue weighted by molar-refractivity contribution is -0.163. The Labute approximate surface area is 315 Å². The highest BCUT2D eigenvalue weighted by Crippen LogP contribution is 2.59. The monoisotopic (exact) mass is 742 g/mol. The number of nitrogens with one attached hydrogen (secondary N) is 1. The molecule has 4 heterocycles. The molecule has 6 rings (SSSR count). The molecule has 7 atom stereocenters. The molecule has 2 bridgehead atoms. The minimum Gasteiger partial charge on any atom is -0.455 e. The number of fused-ring (bicyclic) bond motifs is 2. The number of benzene rings is 2. The number of hydrogen-bond donors (Lipinski definition) is 2. The Balaban J connectivity index is 1.31. The van der Waals surface area contributed by atoms with E-state index in [4.69, 9.17) is 14.2 Å². The number of para-hydroxylation sites is 1. The zero-order chi connectivity index (χ0) is 38.2. The van der Waals surface area contributed by atoms with Crippen molar-refractivity contribution >= 4 is 34.7 Å². The minimum atomic E-state index is -1.27. The maximum atomic E-state index is 14.9. The van der Waals surface area contributed by atoms with Gasteiger partial charge in [-0.15, -0.1) is 18.3 Å². The molecule has 3 saturated heterocycles. The number of methoxy groups -OCH3 is 1. The Morgan fingerprint density at radius 3 is 2.63 bits per heavy atom. The van der Waals surface area contributed by atoms with E-state index in [-0.39, 0.29) is 57.1 Å². The van der Waals surface area contributed by atoms with Crippen molar-refractivity contribution in [1.82, 2.24) is 30.1 Å². The highest BCUT2D eigenvalue weighted by atomic mass is 16.6. The summed E-state index contributed by atoms with van der Waals surface area (Å²) in [6.07, 6.45) is 4.98. The first kappa shape index (κ1) is 38.8. The van der Waals surface area contributed by atoms with Crippen molar-refractivity contribution in [3.8, 4) is 0 Å². The van der Waals surface area contributed by atoms with Crippen LogP contribution in [0.15, 0.2) is 79.9 Å². The average molecular weight is 743 g/mol. The molecule has 0 saturated carbocycles. The Bertz CT molecular complexity index is 1820. The van der Waals surface area contributed by atoms with E-state index in [1.807, 2.05) is 54.6 Å². The van der Waals surface area contributed by atoms with Crippen molar-refractivity contribution in [3.63, 3.8) is 0 Å². The molecule has 0 radical (unpaired) electrons. The molecule has 14 heteroatoms. The topological polar surface area (TPSA) is 165 Å². The number of esters is 1. The van der Waals surface area contributed by atoms with Crippen molar-refractivity contribution in [2.24, 2.45) is 11.8 Å². The van der Waals surface area contributed by atoms with E-state index in [2.05, 4.69) is 28.8 Å². The van der Waals surface area contributed by atoms with Gasteiger partial charge in [-0.1, -0.05) is 59.8 Å². The molecule has 54 heavy (non-hydrogen) atoms. The highest BCUT2D eigenvalue weighted by Gasteiger charge is 2.75. The lowest BCUT2D eigenvalue weighted by atomic mass is 9.70. The molecule has 2 aromatic carbocycles. The number of nitrogens with zero attached hydrogens (tertiary/aromatic N) is 5. The van der Waals surface area contributed by atoms with Crippen LogP contribution in [0.25, 0.3) is 11.0 Å². The first-order chi connectivity index (χ1) is 26.3. The largest absolute Gasteiger partial charge is 0.455 e. The fourth-order valence-electron chi connectivity index (χ4n) is 8.37. The van der Waals surface area contributed by atoms with Crippen LogP contribution < -0.4 is 5.32 Å². The Morgan fingerprint density at radius 1 is 1.11 bits per heavy atom. The number of carbonyl (C=O) groups is 4. The number of unbranched alkanes of at least 4 members (excludes halogenated alkanes) is 2. The number of aromatic nitrogens is 3. The molecule has 3 fully saturated rings. The second kappa shape index (κ2) is 17.5. The van der Waals surface area contributed by atoms with Crippen LogP contribution >= 0.6 is 0 Å². The van der Waals surface area contributed by atoms with Gasteiger partial charge in [0, 0.05) is 33.2 Å². The van der Waals surface area contributed by atoms with Gasteiger partial charge < -0.3 is 34.4 Å². The van der Waals surface area contributed by atoms with Gasteiger partial charge in [-0.2, -0.15) is 0 Å². The Morgan fingerprint density at radius 2 is 1.89 bits per heavy atom. The molecule has 0 aliphatic carbocycles. The first-order valence-electron chi connectivity index (χ1n) is 18.7. The van der Waals surface area contributed by atoms with Crippen LogP contribution in [0.5, 0.6) is 0 Å². The van der Waals surface area contributed by atoms with Gasteiger partial charge in [0.05, 0.1) is 36.1 Å². The van der Waals surface area contributed by atoms with E-state index in [1.54, 1.807) is 26.6 Å². The summed E-state index contributed by atoms with van der Waals surface area (Å²) in [6, 6.07) is 14.8. The average Bonchev–Trinajstić information content (AvgIpc) is 3.94. The molecule has 2 N–H and O–H groups in total. The molecular formula is C40H50N6O8. The Kier molecular flexibility index (Phi) is 12.6. The van der Waals surface area contributed by atoms with E-state index in [0.717, 1.165) is 5.52 Å². The number of carbonyl (C=O) groups excluding carboxylic acids is 4. The van der Waals surface area contributed by atoms with Crippen LogP contribution in [0, 0.1) is 11.8 Å². The molecule has 1 spiro atoms. The molecule has 3 aromatic rings. The summed E-state index contributed by atoms with van der Waals surface area (Å²) in [6.45, 7) is 8.13. The van der Waals surface area contributed by atoms with Crippen molar-refractivity contribution in [1.29, 1.82) is 0 Å². The summed E-state index contributed by atoms with van der Waals surface area (Å²) in [5, 5.41) is 20.9. The number of ether oxygens (including phenoxy) is 3. The summed E-state index contributed by atoms with van der Waals surface area (Å²) in [7, 11) is 1.50. The fraction of sp³-hybridized carbons (Fsp3) is 0.500. The molecule has 1 aromatic heterocycles. The number of allylic oxidation sites excluding steroid dienone is 1. The van der Waals surface area contributed by atoms with Crippen LogP contribution in [0.3, 0.4) is 0 Å². The van der Waals surface area contributed by atoms with Gasteiger partial charge in [0.25, 0.3) is 0 Å². The SMILES string of the molecule is C=CCCC(=O)N[C@@H](COC)[C@@H](OC(=O)[C@@H]1[C@@H]2CC[C@]3(O2)[C@H](C(=O)N(CC=C)Cn2nnc4ccccc42)N(CCCCCO)C(=O)[C@@H]13)c1ccccc1. The van der Waals surface area contributed by atoms with E-state index in [0.29, 0.717) is 49.6 Å². The Hall–Kier alpha value is -4.92. The molecule has 3 aliphatic rings. The maximum Gasteiger partial charge on any atom is 0.313 e. The number of aliphatic hydroxyl groups is 1. The van der Waals surface area contributed by atoms with Crippen molar-refractivity contribution in [3.05, 3.63) is 85.5 Å². The molecule has 3 amide bonds. The summed E-state index contributed by atoms with van der Waals surface area (Å²) < 4.78 is 20.1. The number of likely N-dealkylation sites (tertiary alicyclic amines) is 1. The second-order valence-electron chi connectivity index (χ2n) is 14.2. The van der Waals surface area contributed by atoms with Gasteiger partial charge in [0.15, 0.2) is 0 Å². The summed E-state index contributed by atoms with van der Waals surface area (Å²) >= 11 is 0. The molecular weight excluding hydrogens is 692 g/mol. The highest BCUT2D eigenvalue weighted by molar-refractivity contribution is 5.98. The van der Waals surface area contributed by atoms with Gasteiger partial charge in [-0.05, 0) is 56.2 Å². The molecule has 288 valence electrons. The van der Waals surface area contributed by atoms with Gasteiger partial charge in [-0.25, -0.2) is 4.68 Å². The van der Waals surface area contributed by atoms with Gasteiger partial charge >= 0.3 is 5.97 Å². The van der Waals surface area contributed by atoms with Crippen molar-refractivity contribution in [2.45, 2.75) is 81.5 Å². The minimum absolute atomic E-state index is 0.0158. The second-order valence-corrected chi connectivity index (χ2v) is 14.2. The van der Waals surface area contributed by atoms with Crippen molar-refractivity contribution < 1.29 is 38.5 Å². The normalized spacial score (nSPS) is 23.9. The van der Waals surface area contributed by atoms with E-state index >= 15 is 0 Å². The summed E-state index contributed by atoms with van der Waals surface area (Å²) in [4.78, 5) is 60.1. The van der Waals surface area contributed by atoms with Gasteiger partial charge in [0.1, 0.15) is 29.9 Å². The lowest BCUT2D eigenvalue weighted by Gasteiger charge is -2.36. The predicted octanol–water partition coefficient (Wildman–Crippen LogP) is 3.32. The van der Waals surface area contributed by atoms with Crippen LogP contribution in [0.2, 0.25) is 0 Å². The third kappa shape index (κ3) is 7.68. The number of rotatable bonds is 20. The third-order valence-corrected chi connectivity index (χ3v) is 10.8. The summed E-state index contributed by atoms with van der Waals surface area (Å²) in [5.41, 5.74) is 0.806. The standard InChI is InChI=1S/C40H50N6O8/c1-4-6-19-32(48)41-29(25-52-3)35(27-15-9-7-10-16-27)53-39(51)33-31-20-21-40(54-31)34(33)37(49)45(23-13-8-14-24-47)36(40)38(50)44(22-5-2)26-46-30-18-12-11-17-28(30)42-43-46/h4-5,7,9-12,15-18,29,31,33-36,47H,1-2,6,8,13-14,19-26H2,3H3,(H,41,48)/t29-,31-,33+,34+,35-,36-,40+/m0/s1. The van der Waals surface area contributed by atoms with Gasteiger partial charge in [0.2, 0.25) is 17.7 Å². The van der Waals surface area contributed by atoms with Gasteiger partial charge in [-0.3, -0.25) is 19.2 Å². The van der Waals surface area contributed by atoms with Crippen LogP contribution in [0.4, 0.5) is 0 Å². The number of aliphatic hydroxyl groups excluding tert-OH is 1. The zero-order valence-corrected chi connectivity index (χ0v) is 30.8. The first-order valence-corrected chi connectivity index (χ1v) is 18.7. The number of hydrogen-bond acceptors (Lipinski definition) is 10. The fourth-order valence-corrected chi connectivity index (χ4v) is 8.37. The zero-order valence-electron chi connectivity index (χ0n) is 30.8. The quantitative estimate of drug-likeness (QED) is 0.0997. The maximum absolute atomic E-state index is 14.9. The van der Waals surface area contributed by atoms with E-state index in [1.165, 1.54) is 7.11 Å². The van der Waals surface area contributed by atoms with E-state index in [9.17, 15) is 24.3 Å². The van der Waals surface area contributed by atoms with Crippen LogP contribution in [-0.2, 0) is 40.1 Å². The van der Waals surface area contributed by atoms with Crippen LogP contribution in [-0.4, -0.2) is 111 Å². The molecule has 3 aliphatic heterocycles. The molecule has 14 nitrogen and oxygen atoms in total. The smallest absolute Gasteiger partial charge is 0.313 e. The number of amides is 3.